The molecule has 224 valence electrons. The molecule has 9 heteroatoms. The quantitative estimate of drug-likeness (QED) is 0.0900. The standard InChI is InChI=1S/C35H30Br2N2O5/c1-18-7-8-22(13-20(18)3)31(40)17-44-35(43)27-16-30(38-32-19(2)5-4-6-24(27)32)21-9-11-23(12-10-21)39-33(41)25-14-28(36)29(37)15-26(25)34(39)42/h4-13,16,25-26,28-29H,14-15,17H2,1-3H3. The molecule has 1 saturated carbocycles. The van der Waals surface area contributed by atoms with E-state index in [1.165, 1.54) is 4.90 Å². The van der Waals surface area contributed by atoms with Gasteiger partial charge in [-0.3, -0.25) is 19.3 Å². The summed E-state index contributed by atoms with van der Waals surface area (Å²) >= 11 is 7.27. The number of para-hydroxylation sites is 1. The lowest BCUT2D eigenvalue weighted by Crippen LogP contribution is -2.34. The predicted molar refractivity (Wildman–Crippen MR) is 177 cm³/mol. The van der Waals surface area contributed by atoms with Gasteiger partial charge in [-0.15, -0.1) is 0 Å². The van der Waals surface area contributed by atoms with Crippen LogP contribution >= 0.6 is 31.9 Å². The van der Waals surface area contributed by atoms with Crippen LogP contribution in [-0.2, 0) is 14.3 Å². The van der Waals surface area contributed by atoms with Crippen molar-refractivity contribution in [2.45, 2.75) is 43.3 Å². The number of halogens is 2. The van der Waals surface area contributed by atoms with Crippen LogP contribution < -0.4 is 4.90 Å². The van der Waals surface area contributed by atoms with Gasteiger partial charge in [0.25, 0.3) is 0 Å². The zero-order valence-electron chi connectivity index (χ0n) is 24.5. The van der Waals surface area contributed by atoms with Gasteiger partial charge in [0.05, 0.1) is 34.3 Å². The Hall–Kier alpha value is -3.69. The molecule has 2 heterocycles. The number of rotatable bonds is 6. The molecular weight excluding hydrogens is 688 g/mol. The van der Waals surface area contributed by atoms with Crippen molar-refractivity contribution >= 4 is 72.0 Å². The first-order valence-electron chi connectivity index (χ1n) is 14.5. The number of aromatic nitrogens is 1. The summed E-state index contributed by atoms with van der Waals surface area (Å²) in [4.78, 5) is 59.2. The maximum absolute atomic E-state index is 13.4. The summed E-state index contributed by atoms with van der Waals surface area (Å²) in [6, 6.07) is 19.7. The number of anilines is 1. The number of carbonyl (C=O) groups excluding carboxylic acids is 4. The van der Waals surface area contributed by atoms with E-state index in [1.807, 2.05) is 45.0 Å². The molecule has 4 unspecified atom stereocenters. The third-order valence-electron chi connectivity index (χ3n) is 8.76. The number of imide groups is 1. The lowest BCUT2D eigenvalue weighted by atomic mass is 9.81. The number of ether oxygens (including phenoxy) is 1. The molecule has 1 aliphatic carbocycles. The topological polar surface area (TPSA) is 93.6 Å². The van der Waals surface area contributed by atoms with Gasteiger partial charge in [-0.2, -0.15) is 0 Å². The van der Waals surface area contributed by atoms with E-state index in [0.29, 0.717) is 51.8 Å². The Labute approximate surface area is 272 Å². The van der Waals surface area contributed by atoms with Gasteiger partial charge in [0.2, 0.25) is 11.8 Å². The molecule has 44 heavy (non-hydrogen) atoms. The SMILES string of the molecule is Cc1ccc(C(=O)COC(=O)c2cc(-c3ccc(N4C(=O)C5CC(Br)C(Br)CC5C4=O)cc3)nc3c(C)cccc23)cc1C. The van der Waals surface area contributed by atoms with E-state index in [-0.39, 0.29) is 45.7 Å². The summed E-state index contributed by atoms with van der Waals surface area (Å²) in [7, 11) is 0. The third-order valence-corrected chi connectivity index (χ3v) is 11.5. The fourth-order valence-corrected chi connectivity index (χ4v) is 7.28. The second kappa shape index (κ2) is 12.0. The van der Waals surface area contributed by atoms with E-state index in [9.17, 15) is 19.2 Å². The average molecular weight is 718 g/mol. The third kappa shape index (κ3) is 5.52. The summed E-state index contributed by atoms with van der Waals surface area (Å²) in [5, 5.41) is 0.625. The van der Waals surface area contributed by atoms with Crippen LogP contribution in [0.25, 0.3) is 22.2 Å². The molecule has 3 aromatic carbocycles. The van der Waals surface area contributed by atoms with E-state index < -0.39 is 5.97 Å². The van der Waals surface area contributed by atoms with Crippen LogP contribution in [0.2, 0.25) is 0 Å². The molecule has 0 N–H and O–H groups in total. The van der Waals surface area contributed by atoms with Crippen molar-refractivity contribution in [3.8, 4) is 11.3 Å². The lowest BCUT2D eigenvalue weighted by Gasteiger charge is -2.29. The molecule has 2 aliphatic rings. The van der Waals surface area contributed by atoms with Gasteiger partial charge in [0.15, 0.2) is 12.4 Å². The number of alkyl halides is 2. The smallest absolute Gasteiger partial charge is 0.339 e. The van der Waals surface area contributed by atoms with Crippen LogP contribution in [-0.4, -0.2) is 44.8 Å². The molecule has 4 aromatic rings. The first-order valence-corrected chi connectivity index (χ1v) is 16.3. The zero-order chi connectivity index (χ0) is 31.3. The van der Waals surface area contributed by atoms with Crippen molar-refractivity contribution in [2.24, 2.45) is 11.8 Å². The van der Waals surface area contributed by atoms with E-state index in [2.05, 4.69) is 31.9 Å². The highest BCUT2D eigenvalue weighted by atomic mass is 79.9. The number of ketones is 1. The molecule has 7 nitrogen and oxygen atoms in total. The number of nitrogens with zero attached hydrogens (tertiary/aromatic N) is 2. The first kappa shape index (κ1) is 30.3. The van der Waals surface area contributed by atoms with Crippen LogP contribution in [0, 0.1) is 32.6 Å². The second-order valence-corrected chi connectivity index (χ2v) is 14.0. The summed E-state index contributed by atoms with van der Waals surface area (Å²) in [5.74, 6) is -1.91. The Balaban J connectivity index is 1.27. The maximum Gasteiger partial charge on any atom is 0.339 e. The van der Waals surface area contributed by atoms with Gasteiger partial charge in [0, 0.05) is 26.2 Å². The van der Waals surface area contributed by atoms with Gasteiger partial charge in [0.1, 0.15) is 0 Å². The molecule has 0 radical (unpaired) electrons. The minimum absolute atomic E-state index is 0.135. The van der Waals surface area contributed by atoms with Gasteiger partial charge in [-0.25, -0.2) is 9.78 Å². The van der Waals surface area contributed by atoms with Crippen LogP contribution in [0.3, 0.4) is 0 Å². The molecule has 4 atom stereocenters. The Morgan fingerprint density at radius 3 is 2.14 bits per heavy atom. The van der Waals surface area contributed by atoms with Crippen molar-refractivity contribution in [1.29, 1.82) is 0 Å². The molecule has 6 rings (SSSR count). The maximum atomic E-state index is 13.4. The molecular formula is C35H30Br2N2O5. The van der Waals surface area contributed by atoms with Gasteiger partial charge < -0.3 is 4.74 Å². The number of aryl methyl sites for hydroxylation is 3. The number of fused-ring (bicyclic) bond motifs is 2. The first-order chi connectivity index (χ1) is 21.0. The summed E-state index contributed by atoms with van der Waals surface area (Å²) in [6.45, 7) is 5.44. The van der Waals surface area contributed by atoms with Crippen molar-refractivity contribution in [1.82, 2.24) is 4.98 Å². The predicted octanol–water partition coefficient (Wildman–Crippen LogP) is 7.29. The number of pyridine rings is 1. The minimum atomic E-state index is -0.621. The van der Waals surface area contributed by atoms with E-state index in [4.69, 9.17) is 9.72 Å². The summed E-state index contributed by atoms with van der Waals surface area (Å²) < 4.78 is 5.52. The molecule has 1 aliphatic heterocycles. The highest BCUT2D eigenvalue weighted by molar-refractivity contribution is 9.12. The number of esters is 1. The largest absolute Gasteiger partial charge is 0.454 e. The minimum Gasteiger partial charge on any atom is -0.454 e. The van der Waals surface area contributed by atoms with E-state index >= 15 is 0 Å². The Morgan fingerprint density at radius 1 is 0.841 bits per heavy atom. The van der Waals surface area contributed by atoms with Gasteiger partial charge in [-0.05, 0) is 74.6 Å². The van der Waals surface area contributed by atoms with E-state index in [1.54, 1.807) is 42.5 Å². The van der Waals surface area contributed by atoms with Crippen LogP contribution in [0.15, 0.2) is 66.7 Å². The number of carbonyl (C=O) groups is 4. The fourth-order valence-electron chi connectivity index (χ4n) is 6.05. The second-order valence-electron chi connectivity index (χ2n) is 11.6. The number of hydrogen-bond donors (Lipinski definition) is 0. The summed E-state index contributed by atoms with van der Waals surface area (Å²) in [6.07, 6.45) is 1.21. The van der Waals surface area contributed by atoms with Gasteiger partial charge >= 0.3 is 5.97 Å². The molecule has 0 bridgehead atoms. The van der Waals surface area contributed by atoms with Crippen molar-refractivity contribution < 1.29 is 23.9 Å². The average Bonchev–Trinajstić information content (AvgIpc) is 3.25. The van der Waals surface area contributed by atoms with Gasteiger partial charge in [-0.1, -0.05) is 74.3 Å². The zero-order valence-corrected chi connectivity index (χ0v) is 27.6. The lowest BCUT2D eigenvalue weighted by molar-refractivity contribution is -0.122. The molecule has 2 amide bonds. The Morgan fingerprint density at radius 2 is 1.50 bits per heavy atom. The fraction of sp³-hybridized carbons (Fsp3) is 0.286. The molecule has 1 saturated heterocycles. The molecule has 1 aromatic heterocycles. The highest BCUT2D eigenvalue weighted by Crippen LogP contribution is 2.44. The Kier molecular flexibility index (Phi) is 8.28. The van der Waals surface area contributed by atoms with Crippen LogP contribution in [0.1, 0.15) is 50.2 Å². The van der Waals surface area contributed by atoms with Crippen molar-refractivity contribution in [3.63, 3.8) is 0 Å². The number of hydrogen-bond acceptors (Lipinski definition) is 6. The van der Waals surface area contributed by atoms with Crippen molar-refractivity contribution in [3.05, 3.63) is 94.5 Å². The normalized spacial score (nSPS) is 21.4. The highest BCUT2D eigenvalue weighted by Gasteiger charge is 2.52. The van der Waals surface area contributed by atoms with Crippen LogP contribution in [0.4, 0.5) is 5.69 Å². The van der Waals surface area contributed by atoms with Crippen LogP contribution in [0.5, 0.6) is 0 Å². The number of Topliss-reactive ketones (excluding diaryl/α,β-unsaturated/α-hetero) is 1. The molecule has 2 fully saturated rings. The number of amides is 2. The summed E-state index contributed by atoms with van der Waals surface area (Å²) in [5.41, 5.74) is 6.13. The monoisotopic (exact) mass is 716 g/mol. The van der Waals surface area contributed by atoms with E-state index in [0.717, 1.165) is 16.7 Å². The number of benzene rings is 3. The van der Waals surface area contributed by atoms with Crippen molar-refractivity contribution in [2.75, 3.05) is 11.5 Å². The Bertz CT molecular complexity index is 1810. The molecule has 0 spiro atoms.